The van der Waals surface area contributed by atoms with Gasteiger partial charge in [-0.05, 0) is 24.3 Å². The molecule has 0 spiro atoms. The largest absolute Gasteiger partial charge is 0.360 e. The minimum atomic E-state index is -0.0153. The summed E-state index contributed by atoms with van der Waals surface area (Å²) in [5, 5.41) is 10.2. The number of fused-ring (bicyclic) bond motifs is 1. The second-order valence-corrected chi connectivity index (χ2v) is 6.12. The zero-order chi connectivity index (χ0) is 16.2. The Kier molecular flexibility index (Phi) is 4.35. The summed E-state index contributed by atoms with van der Waals surface area (Å²) >= 11 is 1.54. The molecule has 1 heterocycles. The molecule has 0 atom stereocenters. The fourth-order valence-corrected chi connectivity index (χ4v) is 3.34. The molecule has 114 valence electrons. The third-order valence-corrected chi connectivity index (χ3v) is 4.72. The van der Waals surface area contributed by atoms with Crippen molar-refractivity contribution in [1.82, 2.24) is 9.88 Å². The summed E-state index contributed by atoms with van der Waals surface area (Å²) in [6.45, 7) is 0. The van der Waals surface area contributed by atoms with Crippen LogP contribution < -0.4 is 0 Å². The SMILES string of the molecule is CN(CSc1c[nH]c2cccc(C#N)c12)C(=O)c1ccccc1. The van der Waals surface area contributed by atoms with E-state index in [4.69, 9.17) is 0 Å². The van der Waals surface area contributed by atoms with Gasteiger partial charge in [0, 0.05) is 34.6 Å². The van der Waals surface area contributed by atoms with Gasteiger partial charge in [0.05, 0.1) is 17.5 Å². The second kappa shape index (κ2) is 6.59. The highest BCUT2D eigenvalue weighted by Gasteiger charge is 2.13. The van der Waals surface area contributed by atoms with Crippen LogP contribution >= 0.6 is 11.8 Å². The van der Waals surface area contributed by atoms with Crippen molar-refractivity contribution in [3.05, 3.63) is 65.9 Å². The van der Waals surface area contributed by atoms with Crippen LogP contribution in [0.1, 0.15) is 15.9 Å². The van der Waals surface area contributed by atoms with Gasteiger partial charge in [-0.2, -0.15) is 5.26 Å². The molecule has 0 fully saturated rings. The number of aromatic nitrogens is 1. The predicted molar refractivity (Wildman–Crippen MR) is 92.3 cm³/mol. The van der Waals surface area contributed by atoms with Gasteiger partial charge in [0.15, 0.2) is 0 Å². The van der Waals surface area contributed by atoms with Gasteiger partial charge in [0.1, 0.15) is 0 Å². The van der Waals surface area contributed by atoms with Crippen molar-refractivity contribution in [2.45, 2.75) is 4.90 Å². The molecule has 5 heteroatoms. The van der Waals surface area contributed by atoms with Gasteiger partial charge < -0.3 is 9.88 Å². The van der Waals surface area contributed by atoms with Crippen LogP contribution in [-0.4, -0.2) is 28.7 Å². The first-order valence-electron chi connectivity index (χ1n) is 7.14. The fourth-order valence-electron chi connectivity index (χ4n) is 2.39. The van der Waals surface area contributed by atoms with E-state index in [0.29, 0.717) is 17.0 Å². The normalized spacial score (nSPS) is 10.4. The maximum absolute atomic E-state index is 12.3. The molecule has 0 saturated carbocycles. The smallest absolute Gasteiger partial charge is 0.254 e. The highest BCUT2D eigenvalue weighted by Crippen LogP contribution is 2.30. The third kappa shape index (κ3) is 3.08. The minimum absolute atomic E-state index is 0.0153. The molecule has 3 rings (SSSR count). The molecule has 0 aliphatic rings. The highest BCUT2D eigenvalue weighted by atomic mass is 32.2. The van der Waals surface area contributed by atoms with Gasteiger partial charge in [0.2, 0.25) is 0 Å². The molecule has 0 bridgehead atoms. The molecule has 0 unspecified atom stereocenters. The number of nitriles is 1. The molecule has 0 saturated heterocycles. The van der Waals surface area contributed by atoms with E-state index in [0.717, 1.165) is 15.8 Å². The zero-order valence-electron chi connectivity index (χ0n) is 12.6. The van der Waals surface area contributed by atoms with Gasteiger partial charge in [0.25, 0.3) is 5.91 Å². The molecule has 3 aromatic rings. The molecule has 1 N–H and O–H groups in total. The number of H-pyrrole nitrogens is 1. The van der Waals surface area contributed by atoms with E-state index in [1.807, 2.05) is 48.7 Å². The van der Waals surface area contributed by atoms with Gasteiger partial charge in [-0.3, -0.25) is 4.79 Å². The Morgan fingerprint density at radius 2 is 2.00 bits per heavy atom. The maximum Gasteiger partial charge on any atom is 0.254 e. The van der Waals surface area contributed by atoms with Crippen LogP contribution in [0.5, 0.6) is 0 Å². The third-order valence-electron chi connectivity index (χ3n) is 3.57. The lowest BCUT2D eigenvalue weighted by Gasteiger charge is -2.16. The lowest BCUT2D eigenvalue weighted by Crippen LogP contribution is -2.26. The number of aromatic amines is 1. The summed E-state index contributed by atoms with van der Waals surface area (Å²) in [5.74, 6) is 0.499. The van der Waals surface area contributed by atoms with Crippen LogP contribution in [-0.2, 0) is 0 Å². The molecule has 2 aromatic carbocycles. The van der Waals surface area contributed by atoms with Crippen molar-refractivity contribution in [1.29, 1.82) is 5.26 Å². The van der Waals surface area contributed by atoms with E-state index < -0.39 is 0 Å². The van der Waals surface area contributed by atoms with Crippen LogP contribution in [0, 0.1) is 11.3 Å². The van der Waals surface area contributed by atoms with Crippen LogP contribution in [0.4, 0.5) is 0 Å². The molecule has 0 aliphatic heterocycles. The molecule has 23 heavy (non-hydrogen) atoms. The Hall–Kier alpha value is -2.71. The average molecular weight is 321 g/mol. The lowest BCUT2D eigenvalue weighted by molar-refractivity contribution is 0.0820. The number of nitrogens with one attached hydrogen (secondary N) is 1. The highest BCUT2D eigenvalue weighted by molar-refractivity contribution is 7.99. The van der Waals surface area contributed by atoms with Crippen molar-refractivity contribution in [2.75, 3.05) is 12.9 Å². The summed E-state index contributed by atoms with van der Waals surface area (Å²) in [6.07, 6.45) is 1.89. The molecule has 1 aromatic heterocycles. The van der Waals surface area contributed by atoms with Gasteiger partial charge in [-0.15, -0.1) is 11.8 Å². The maximum atomic E-state index is 12.3. The van der Waals surface area contributed by atoms with Crippen LogP contribution in [0.25, 0.3) is 10.9 Å². The number of amides is 1. The van der Waals surface area contributed by atoms with Crippen molar-refractivity contribution in [2.24, 2.45) is 0 Å². The van der Waals surface area contributed by atoms with Crippen molar-refractivity contribution in [3.63, 3.8) is 0 Å². The first kappa shape index (κ1) is 15.2. The zero-order valence-corrected chi connectivity index (χ0v) is 13.4. The Balaban J connectivity index is 1.76. The Labute approximate surface area is 138 Å². The lowest BCUT2D eigenvalue weighted by atomic mass is 10.1. The molecule has 0 aliphatic carbocycles. The fraction of sp³-hybridized carbons (Fsp3) is 0.111. The van der Waals surface area contributed by atoms with E-state index in [9.17, 15) is 10.1 Å². The summed E-state index contributed by atoms with van der Waals surface area (Å²) < 4.78 is 0. The molecular weight excluding hydrogens is 306 g/mol. The first-order valence-corrected chi connectivity index (χ1v) is 8.13. The number of hydrogen-bond acceptors (Lipinski definition) is 3. The predicted octanol–water partition coefficient (Wildman–Crippen LogP) is 3.86. The Morgan fingerprint density at radius 3 is 2.74 bits per heavy atom. The second-order valence-electron chi connectivity index (χ2n) is 5.14. The number of nitrogens with zero attached hydrogens (tertiary/aromatic N) is 2. The number of carbonyl (C=O) groups is 1. The van der Waals surface area contributed by atoms with Crippen LogP contribution in [0.15, 0.2) is 59.6 Å². The average Bonchev–Trinajstić information content (AvgIpc) is 3.03. The van der Waals surface area contributed by atoms with Gasteiger partial charge in [-0.25, -0.2) is 0 Å². The monoisotopic (exact) mass is 321 g/mol. The summed E-state index contributed by atoms with van der Waals surface area (Å²) in [4.78, 5) is 18.2. The van der Waals surface area contributed by atoms with E-state index in [2.05, 4.69) is 11.1 Å². The topological polar surface area (TPSA) is 59.9 Å². The number of rotatable bonds is 4. The first-order chi connectivity index (χ1) is 11.2. The standard InChI is InChI=1S/C18H15N3OS/c1-21(18(22)13-6-3-2-4-7-13)12-23-16-11-20-15-9-5-8-14(10-19)17(15)16/h2-9,11,20H,12H2,1H3. The summed E-state index contributed by atoms with van der Waals surface area (Å²) in [5.41, 5.74) is 2.25. The Bertz CT molecular complexity index is 880. The van der Waals surface area contributed by atoms with Crippen molar-refractivity contribution >= 4 is 28.6 Å². The van der Waals surface area contributed by atoms with Crippen molar-refractivity contribution < 1.29 is 4.79 Å². The van der Waals surface area contributed by atoms with E-state index in [-0.39, 0.29) is 5.91 Å². The molecule has 1 amide bonds. The van der Waals surface area contributed by atoms with E-state index in [1.165, 1.54) is 11.8 Å². The number of hydrogen-bond donors (Lipinski definition) is 1. The van der Waals surface area contributed by atoms with E-state index >= 15 is 0 Å². The minimum Gasteiger partial charge on any atom is -0.360 e. The molecule has 0 radical (unpaired) electrons. The van der Waals surface area contributed by atoms with Crippen molar-refractivity contribution in [3.8, 4) is 6.07 Å². The van der Waals surface area contributed by atoms with Crippen LogP contribution in [0.2, 0.25) is 0 Å². The molecule has 4 nitrogen and oxygen atoms in total. The van der Waals surface area contributed by atoms with Crippen LogP contribution in [0.3, 0.4) is 0 Å². The van der Waals surface area contributed by atoms with Gasteiger partial charge >= 0.3 is 0 Å². The number of benzene rings is 2. The Morgan fingerprint density at radius 1 is 1.22 bits per heavy atom. The number of thioether (sulfide) groups is 1. The number of carbonyl (C=O) groups excluding carboxylic acids is 1. The quantitative estimate of drug-likeness (QED) is 0.586. The summed E-state index contributed by atoms with van der Waals surface area (Å²) in [7, 11) is 1.78. The summed E-state index contributed by atoms with van der Waals surface area (Å²) in [6, 6.07) is 17.0. The van der Waals surface area contributed by atoms with E-state index in [1.54, 1.807) is 18.0 Å². The molecular formula is C18H15N3OS. The van der Waals surface area contributed by atoms with Gasteiger partial charge in [-0.1, -0.05) is 24.3 Å².